The summed E-state index contributed by atoms with van der Waals surface area (Å²) in [6.45, 7) is 13.0. The molecule has 0 saturated carbocycles. The lowest BCUT2D eigenvalue weighted by Gasteiger charge is -1.79. The third-order valence-electron chi connectivity index (χ3n) is 0.478. The zero-order chi connectivity index (χ0) is 11.4. The molecule has 14 heavy (non-hydrogen) atoms. The molecule has 0 radical (unpaired) electrons. The largest absolute Gasteiger partial charge is 0.245 e. The van der Waals surface area contributed by atoms with Crippen LogP contribution in [0.15, 0.2) is 24.8 Å². The summed E-state index contributed by atoms with van der Waals surface area (Å²) in [5.74, 6) is 1.67. The molecule has 0 aliphatic heterocycles. The van der Waals surface area contributed by atoms with Gasteiger partial charge in [-0.05, 0) is 17.9 Å². The van der Waals surface area contributed by atoms with Crippen molar-refractivity contribution in [1.29, 1.82) is 0 Å². The quantitative estimate of drug-likeness (QED) is 0.630. The smallest absolute Gasteiger partial charge is 0.115 e. The van der Waals surface area contributed by atoms with Gasteiger partial charge in [0.2, 0.25) is 0 Å². The average molecular weight is 196 g/mol. The van der Waals surface area contributed by atoms with Gasteiger partial charge in [-0.25, -0.2) is 9.97 Å². The molecule has 2 nitrogen and oxygen atoms in total. The Balaban J connectivity index is 0. The lowest BCUT2D eigenvalue weighted by atomic mass is 10.3. The Labute approximate surface area is 88.8 Å². The van der Waals surface area contributed by atoms with Crippen molar-refractivity contribution in [3.8, 4) is 0 Å². The minimum absolute atomic E-state index is 0.833. The topological polar surface area (TPSA) is 25.8 Å². The molecule has 0 N–H and O–H groups in total. The van der Waals surface area contributed by atoms with Crippen LogP contribution in [0.4, 0.5) is 0 Å². The summed E-state index contributed by atoms with van der Waals surface area (Å²) in [5.41, 5.74) is 0. The van der Waals surface area contributed by atoms with E-state index in [9.17, 15) is 0 Å². The maximum atomic E-state index is 3.67. The van der Waals surface area contributed by atoms with Crippen molar-refractivity contribution in [3.05, 3.63) is 24.8 Å². The van der Waals surface area contributed by atoms with E-state index < -0.39 is 0 Å². The predicted octanol–water partition coefficient (Wildman–Crippen LogP) is 3.80. The molecule has 0 unspecified atom stereocenters. The minimum Gasteiger partial charge on any atom is -0.245 e. The molecule has 0 fully saturated rings. The maximum absolute atomic E-state index is 3.67. The summed E-state index contributed by atoms with van der Waals surface area (Å²) < 4.78 is 0. The van der Waals surface area contributed by atoms with Crippen molar-refractivity contribution in [1.82, 2.24) is 9.97 Å². The van der Waals surface area contributed by atoms with E-state index in [1.807, 2.05) is 0 Å². The molecule has 2 heteroatoms. The van der Waals surface area contributed by atoms with E-state index in [4.69, 9.17) is 0 Å². The van der Waals surface area contributed by atoms with E-state index >= 15 is 0 Å². The molecule has 0 saturated heterocycles. The lowest BCUT2D eigenvalue weighted by Crippen LogP contribution is -1.66. The Bertz CT molecular complexity index is 133. The van der Waals surface area contributed by atoms with Crippen molar-refractivity contribution in [3.63, 3.8) is 0 Å². The molecule has 1 aromatic heterocycles. The van der Waals surface area contributed by atoms with E-state index in [1.54, 1.807) is 18.5 Å². The van der Waals surface area contributed by atoms with E-state index in [0.29, 0.717) is 0 Å². The summed E-state index contributed by atoms with van der Waals surface area (Å²) in [7, 11) is 0. The summed E-state index contributed by atoms with van der Waals surface area (Å²) in [5, 5.41) is 0. The van der Waals surface area contributed by atoms with Crippen molar-refractivity contribution in [2.45, 2.75) is 41.5 Å². The van der Waals surface area contributed by atoms with Crippen LogP contribution in [-0.4, -0.2) is 9.97 Å². The molecule has 1 aromatic rings. The van der Waals surface area contributed by atoms with Crippen LogP contribution >= 0.6 is 0 Å². The first-order valence-electron chi connectivity index (χ1n) is 5.16. The normalized spacial score (nSPS) is 8.57. The van der Waals surface area contributed by atoms with Crippen molar-refractivity contribution >= 4 is 0 Å². The Kier molecular flexibility index (Phi) is 13.4. The molecule has 0 bridgehead atoms. The van der Waals surface area contributed by atoms with Crippen molar-refractivity contribution in [2.75, 3.05) is 0 Å². The fourth-order valence-electron chi connectivity index (χ4n) is 0.253. The molecule has 0 aliphatic rings. The van der Waals surface area contributed by atoms with Crippen LogP contribution in [0.25, 0.3) is 0 Å². The lowest BCUT2D eigenvalue weighted by molar-refractivity contribution is 0.736. The molecular weight excluding hydrogens is 172 g/mol. The predicted molar refractivity (Wildman–Crippen MR) is 63.1 cm³/mol. The van der Waals surface area contributed by atoms with Gasteiger partial charge < -0.3 is 0 Å². The van der Waals surface area contributed by atoms with Crippen LogP contribution in [-0.2, 0) is 0 Å². The highest BCUT2D eigenvalue weighted by Gasteiger charge is 1.68. The van der Waals surface area contributed by atoms with Gasteiger partial charge in [0.15, 0.2) is 0 Å². The minimum atomic E-state index is 0.833. The third-order valence-corrected chi connectivity index (χ3v) is 0.478. The number of hydrogen-bond acceptors (Lipinski definition) is 2. The van der Waals surface area contributed by atoms with Crippen molar-refractivity contribution < 1.29 is 0 Å². The molecular formula is C12H24N2. The summed E-state index contributed by atoms with van der Waals surface area (Å²) in [6, 6.07) is 1.78. The van der Waals surface area contributed by atoms with Crippen molar-refractivity contribution in [2.24, 2.45) is 11.8 Å². The maximum Gasteiger partial charge on any atom is 0.115 e. The third kappa shape index (κ3) is 43.6. The van der Waals surface area contributed by atoms with Gasteiger partial charge in [0.1, 0.15) is 6.33 Å². The second kappa shape index (κ2) is 12.1. The first-order valence-corrected chi connectivity index (χ1v) is 5.16. The van der Waals surface area contributed by atoms with E-state index in [1.165, 1.54) is 6.33 Å². The highest BCUT2D eigenvalue weighted by Crippen LogP contribution is 1.81. The number of nitrogens with zero attached hydrogens (tertiary/aromatic N) is 2. The van der Waals surface area contributed by atoms with Gasteiger partial charge in [-0.1, -0.05) is 41.5 Å². The first-order chi connectivity index (χ1) is 6.46. The van der Waals surface area contributed by atoms with Gasteiger partial charge in [0, 0.05) is 12.4 Å². The van der Waals surface area contributed by atoms with Crippen LogP contribution < -0.4 is 0 Å². The zero-order valence-electron chi connectivity index (χ0n) is 10.4. The Morgan fingerprint density at radius 2 is 1.00 bits per heavy atom. The van der Waals surface area contributed by atoms with E-state index in [-0.39, 0.29) is 0 Å². The van der Waals surface area contributed by atoms with Gasteiger partial charge >= 0.3 is 0 Å². The second-order valence-electron chi connectivity index (χ2n) is 4.37. The fraction of sp³-hybridized carbons (Fsp3) is 0.667. The molecule has 0 spiro atoms. The standard InChI is InChI=1S/C4H4N2.2C4H10/c1-2-5-4-6-3-1;2*1-4(2)3/h1-4H;2*4H,1-3H3. The van der Waals surface area contributed by atoms with Gasteiger partial charge in [-0.3, -0.25) is 0 Å². The summed E-state index contributed by atoms with van der Waals surface area (Å²) >= 11 is 0. The molecule has 0 atom stereocenters. The Morgan fingerprint density at radius 1 is 0.714 bits per heavy atom. The molecule has 0 amide bonds. The Hall–Kier alpha value is -0.920. The first kappa shape index (κ1) is 15.5. The number of hydrogen-bond donors (Lipinski definition) is 0. The average Bonchev–Trinajstić information content (AvgIpc) is 2.05. The fourth-order valence-corrected chi connectivity index (χ4v) is 0.253. The SMILES string of the molecule is CC(C)C.CC(C)C.c1cncnc1. The van der Waals surface area contributed by atoms with E-state index in [2.05, 4.69) is 51.5 Å². The van der Waals surface area contributed by atoms with Crippen LogP contribution in [0.1, 0.15) is 41.5 Å². The Morgan fingerprint density at radius 3 is 1.07 bits per heavy atom. The molecule has 82 valence electrons. The summed E-state index contributed by atoms with van der Waals surface area (Å²) in [6.07, 6.45) is 4.88. The summed E-state index contributed by atoms with van der Waals surface area (Å²) in [4.78, 5) is 7.35. The van der Waals surface area contributed by atoms with Crippen LogP contribution in [0.2, 0.25) is 0 Å². The van der Waals surface area contributed by atoms with Gasteiger partial charge in [-0.15, -0.1) is 0 Å². The van der Waals surface area contributed by atoms with Crippen LogP contribution in [0, 0.1) is 11.8 Å². The molecule has 1 heterocycles. The highest BCUT2D eigenvalue weighted by molar-refractivity contribution is 4.74. The van der Waals surface area contributed by atoms with E-state index in [0.717, 1.165) is 11.8 Å². The second-order valence-corrected chi connectivity index (χ2v) is 4.37. The molecule has 1 rings (SSSR count). The zero-order valence-corrected chi connectivity index (χ0v) is 10.4. The molecule has 0 aromatic carbocycles. The van der Waals surface area contributed by atoms with Crippen LogP contribution in [0.5, 0.6) is 0 Å². The number of rotatable bonds is 0. The van der Waals surface area contributed by atoms with Gasteiger partial charge in [0.05, 0.1) is 0 Å². The van der Waals surface area contributed by atoms with Gasteiger partial charge in [0.25, 0.3) is 0 Å². The molecule has 0 aliphatic carbocycles. The number of aromatic nitrogens is 2. The monoisotopic (exact) mass is 196 g/mol. The highest BCUT2D eigenvalue weighted by atomic mass is 14.8. The van der Waals surface area contributed by atoms with Gasteiger partial charge in [-0.2, -0.15) is 0 Å². The van der Waals surface area contributed by atoms with Crippen LogP contribution in [0.3, 0.4) is 0 Å².